The summed E-state index contributed by atoms with van der Waals surface area (Å²) in [6.45, 7) is 8.45. The molecule has 7 heteroatoms. The average molecular weight is 463 g/mol. The summed E-state index contributed by atoms with van der Waals surface area (Å²) >= 11 is 0. The Kier molecular flexibility index (Phi) is 6.32. The Morgan fingerprint density at radius 2 is 2.00 bits per heavy atom. The maximum atomic E-state index is 10.4. The van der Waals surface area contributed by atoms with Gasteiger partial charge in [-0.2, -0.15) is 0 Å². The standard InChI is InChI=1S/C27H38N6O/c1-17-11-13-28-23(27(3,4)34)10-9-21(17)18(2)15-19-5-7-20(8-6-19)24-25-22-12-14-29-26(22)30-16-33(25)32-31-24/h10,12-14,16-21,29,34H,5-9,11,15H2,1-4H3. The lowest BCUT2D eigenvalue weighted by atomic mass is 9.71. The van der Waals surface area contributed by atoms with Crippen molar-refractivity contribution < 1.29 is 5.11 Å². The van der Waals surface area contributed by atoms with Gasteiger partial charge in [-0.05, 0) is 88.5 Å². The molecule has 1 aliphatic heterocycles. The number of aliphatic hydroxyl groups is 1. The zero-order chi connectivity index (χ0) is 23.9. The van der Waals surface area contributed by atoms with Crippen LogP contribution in [0.2, 0.25) is 0 Å². The van der Waals surface area contributed by atoms with Gasteiger partial charge in [0.25, 0.3) is 0 Å². The van der Waals surface area contributed by atoms with Gasteiger partial charge in [0, 0.05) is 23.7 Å². The summed E-state index contributed by atoms with van der Waals surface area (Å²) in [6, 6.07) is 2.08. The molecule has 3 atom stereocenters. The number of aromatic amines is 1. The van der Waals surface area contributed by atoms with Crippen molar-refractivity contribution >= 4 is 22.8 Å². The molecule has 3 aromatic rings. The van der Waals surface area contributed by atoms with Gasteiger partial charge in [0.15, 0.2) is 0 Å². The molecule has 2 aliphatic rings. The molecular formula is C27H38N6O. The Morgan fingerprint density at radius 1 is 1.21 bits per heavy atom. The van der Waals surface area contributed by atoms with Crippen LogP contribution in [0.25, 0.3) is 16.6 Å². The van der Waals surface area contributed by atoms with Crippen molar-refractivity contribution in [3.05, 3.63) is 36.1 Å². The molecule has 182 valence electrons. The molecule has 34 heavy (non-hydrogen) atoms. The third-order valence-electron chi connectivity index (χ3n) is 8.32. The molecule has 1 aliphatic carbocycles. The highest BCUT2D eigenvalue weighted by molar-refractivity contribution is 5.92. The third kappa shape index (κ3) is 4.54. The van der Waals surface area contributed by atoms with Crippen LogP contribution in [0.1, 0.15) is 84.3 Å². The molecule has 0 aromatic carbocycles. The lowest BCUT2D eigenvalue weighted by molar-refractivity contribution is 0.117. The summed E-state index contributed by atoms with van der Waals surface area (Å²) in [7, 11) is 0. The number of fused-ring (bicyclic) bond motifs is 3. The lowest BCUT2D eigenvalue weighted by Crippen LogP contribution is -2.26. The van der Waals surface area contributed by atoms with E-state index < -0.39 is 5.60 Å². The quantitative estimate of drug-likeness (QED) is 0.510. The molecule has 5 rings (SSSR count). The number of hydrogen-bond acceptors (Lipinski definition) is 5. The first-order chi connectivity index (χ1) is 16.3. The Labute approximate surface area is 201 Å². The van der Waals surface area contributed by atoms with Crippen LogP contribution in [0.15, 0.2) is 35.4 Å². The monoisotopic (exact) mass is 462 g/mol. The van der Waals surface area contributed by atoms with Crippen LogP contribution in [-0.2, 0) is 0 Å². The minimum absolute atomic E-state index is 0.471. The largest absolute Gasteiger partial charge is 0.384 e. The highest BCUT2D eigenvalue weighted by atomic mass is 16.3. The van der Waals surface area contributed by atoms with E-state index in [-0.39, 0.29) is 0 Å². The Morgan fingerprint density at radius 3 is 2.76 bits per heavy atom. The fraction of sp³-hybridized carbons (Fsp3) is 0.630. The SMILES string of the molecule is CC1CC=NC(C(C)(C)O)=CCC1C(C)CC1CCC(c2nnn3cnc4[nH]ccc4c23)CC1. The number of H-pyrrole nitrogens is 1. The number of aromatic nitrogens is 5. The van der Waals surface area contributed by atoms with E-state index in [1.165, 1.54) is 32.1 Å². The maximum absolute atomic E-state index is 10.4. The third-order valence-corrected chi connectivity index (χ3v) is 8.32. The van der Waals surface area contributed by atoms with Gasteiger partial charge in [-0.15, -0.1) is 5.10 Å². The Bertz CT molecular complexity index is 1190. The minimum atomic E-state index is -0.878. The Hall–Kier alpha value is -2.54. The van der Waals surface area contributed by atoms with Gasteiger partial charge in [0.05, 0.1) is 11.4 Å². The van der Waals surface area contributed by atoms with Crippen LogP contribution < -0.4 is 0 Å². The van der Waals surface area contributed by atoms with Gasteiger partial charge in [0.2, 0.25) is 0 Å². The second kappa shape index (κ2) is 9.25. The first-order valence-electron chi connectivity index (χ1n) is 12.9. The van der Waals surface area contributed by atoms with Crippen LogP contribution in [0.3, 0.4) is 0 Å². The van der Waals surface area contributed by atoms with E-state index in [1.54, 1.807) is 6.33 Å². The summed E-state index contributed by atoms with van der Waals surface area (Å²) in [5.74, 6) is 3.12. The predicted octanol–water partition coefficient (Wildman–Crippen LogP) is 5.68. The van der Waals surface area contributed by atoms with Crippen LogP contribution >= 0.6 is 0 Å². The van der Waals surface area contributed by atoms with Crippen LogP contribution in [0, 0.1) is 23.7 Å². The summed E-state index contributed by atoms with van der Waals surface area (Å²) in [5.41, 5.74) is 3.08. The number of allylic oxidation sites excluding steroid dienone is 1. The summed E-state index contributed by atoms with van der Waals surface area (Å²) in [4.78, 5) is 12.2. The first-order valence-corrected chi connectivity index (χ1v) is 12.9. The molecule has 7 nitrogen and oxygen atoms in total. The molecule has 1 saturated carbocycles. The van der Waals surface area contributed by atoms with Crippen molar-refractivity contribution in [2.45, 2.75) is 84.2 Å². The minimum Gasteiger partial charge on any atom is -0.384 e. The topological polar surface area (TPSA) is 91.5 Å². The van der Waals surface area contributed by atoms with Gasteiger partial charge in [0.1, 0.15) is 23.1 Å². The lowest BCUT2D eigenvalue weighted by Gasteiger charge is -2.35. The molecule has 0 radical (unpaired) electrons. The van der Waals surface area contributed by atoms with E-state index in [0.717, 1.165) is 46.7 Å². The van der Waals surface area contributed by atoms with Crippen LogP contribution in [0.4, 0.5) is 0 Å². The molecule has 4 heterocycles. The molecule has 3 unspecified atom stereocenters. The molecule has 3 aromatic heterocycles. The molecular weight excluding hydrogens is 424 g/mol. The van der Waals surface area contributed by atoms with Crippen molar-refractivity contribution in [1.82, 2.24) is 24.8 Å². The van der Waals surface area contributed by atoms with Crippen molar-refractivity contribution in [1.29, 1.82) is 0 Å². The van der Waals surface area contributed by atoms with Crippen molar-refractivity contribution in [3.8, 4) is 0 Å². The van der Waals surface area contributed by atoms with Crippen LogP contribution in [-0.4, -0.2) is 41.7 Å². The van der Waals surface area contributed by atoms with Gasteiger partial charge >= 0.3 is 0 Å². The Balaban J connectivity index is 1.23. The zero-order valence-electron chi connectivity index (χ0n) is 20.9. The number of rotatable bonds is 5. The molecule has 0 saturated heterocycles. The van der Waals surface area contributed by atoms with E-state index in [4.69, 9.17) is 0 Å². The van der Waals surface area contributed by atoms with Crippen molar-refractivity contribution in [3.63, 3.8) is 0 Å². The summed E-state index contributed by atoms with van der Waals surface area (Å²) in [5, 5.41) is 20.5. The number of hydrogen-bond donors (Lipinski definition) is 2. The predicted molar refractivity (Wildman–Crippen MR) is 136 cm³/mol. The normalized spacial score (nSPS) is 27.5. The van der Waals surface area contributed by atoms with Crippen molar-refractivity contribution in [2.24, 2.45) is 28.7 Å². The maximum Gasteiger partial charge on any atom is 0.141 e. The fourth-order valence-corrected chi connectivity index (χ4v) is 6.29. The highest BCUT2D eigenvalue weighted by Crippen LogP contribution is 2.42. The molecule has 0 amide bonds. The molecule has 1 fully saturated rings. The molecule has 0 spiro atoms. The van der Waals surface area contributed by atoms with Crippen molar-refractivity contribution in [2.75, 3.05) is 0 Å². The summed E-state index contributed by atoms with van der Waals surface area (Å²) in [6.07, 6.45) is 16.0. The van der Waals surface area contributed by atoms with E-state index >= 15 is 0 Å². The zero-order valence-corrected chi connectivity index (χ0v) is 20.9. The average Bonchev–Trinajstić information content (AvgIpc) is 3.42. The number of nitrogens with one attached hydrogen (secondary N) is 1. The van der Waals surface area contributed by atoms with E-state index in [0.29, 0.717) is 23.7 Å². The van der Waals surface area contributed by atoms with Gasteiger partial charge in [-0.3, -0.25) is 4.99 Å². The highest BCUT2D eigenvalue weighted by Gasteiger charge is 2.31. The summed E-state index contributed by atoms with van der Waals surface area (Å²) < 4.78 is 1.83. The van der Waals surface area contributed by atoms with E-state index in [2.05, 4.69) is 51.3 Å². The second-order valence-electron chi connectivity index (χ2n) is 11.3. The van der Waals surface area contributed by atoms with Gasteiger partial charge in [-0.25, -0.2) is 9.50 Å². The number of aliphatic imine (C=N–C) groups is 1. The second-order valence-corrected chi connectivity index (χ2v) is 11.3. The smallest absolute Gasteiger partial charge is 0.141 e. The first kappa shape index (κ1) is 23.2. The number of nitrogens with zero attached hydrogens (tertiary/aromatic N) is 5. The van der Waals surface area contributed by atoms with E-state index in [1.807, 2.05) is 30.8 Å². The fourth-order valence-electron chi connectivity index (χ4n) is 6.29. The van der Waals surface area contributed by atoms with Gasteiger partial charge in [-0.1, -0.05) is 25.1 Å². The molecule has 2 N–H and O–H groups in total. The van der Waals surface area contributed by atoms with Gasteiger partial charge < -0.3 is 10.1 Å². The van der Waals surface area contributed by atoms with Crippen LogP contribution in [0.5, 0.6) is 0 Å². The molecule has 0 bridgehead atoms. The van der Waals surface area contributed by atoms with E-state index in [9.17, 15) is 5.11 Å².